The van der Waals surface area contributed by atoms with Crippen LogP contribution in [-0.2, 0) is 13.1 Å². The van der Waals surface area contributed by atoms with Crippen LogP contribution in [-0.4, -0.2) is 43.1 Å². The van der Waals surface area contributed by atoms with Crippen LogP contribution in [0.2, 0.25) is 0 Å². The van der Waals surface area contributed by atoms with Crippen molar-refractivity contribution in [3.8, 4) is 5.75 Å². The molecule has 3 nitrogen and oxygen atoms in total. The number of phenols is 1. The first-order valence-corrected chi connectivity index (χ1v) is 5.93. The molecule has 0 aliphatic heterocycles. The molecule has 0 amide bonds. The minimum absolute atomic E-state index is 0.443. The summed E-state index contributed by atoms with van der Waals surface area (Å²) >= 11 is 0. The van der Waals surface area contributed by atoms with E-state index >= 15 is 0 Å². The van der Waals surface area contributed by atoms with Crippen molar-refractivity contribution in [3.05, 3.63) is 28.3 Å². The molecule has 3 heteroatoms. The molecule has 0 saturated carbocycles. The number of phenolic OH excluding ortho intramolecular Hbond substituents is 1. The molecule has 0 heterocycles. The minimum atomic E-state index is 0.443. The maximum Gasteiger partial charge on any atom is 0.123 e. The lowest BCUT2D eigenvalue weighted by atomic mass is 9.97. The minimum Gasteiger partial charge on any atom is -0.507 e. The van der Waals surface area contributed by atoms with Gasteiger partial charge in [-0.25, -0.2) is 0 Å². The Morgan fingerprint density at radius 1 is 1.00 bits per heavy atom. The lowest BCUT2D eigenvalue weighted by molar-refractivity contribution is 0.379. The lowest BCUT2D eigenvalue weighted by Crippen LogP contribution is -2.16. The molecule has 0 aliphatic rings. The summed E-state index contributed by atoms with van der Waals surface area (Å²) in [5.74, 6) is 0.443. The van der Waals surface area contributed by atoms with Crippen LogP contribution >= 0.6 is 0 Å². The van der Waals surface area contributed by atoms with E-state index in [0.29, 0.717) is 5.75 Å². The van der Waals surface area contributed by atoms with Crippen LogP contribution in [0, 0.1) is 13.8 Å². The molecule has 1 rings (SSSR count). The molecule has 0 saturated heterocycles. The maximum atomic E-state index is 10.1. The average Bonchev–Trinajstić information content (AvgIpc) is 2.20. The predicted octanol–water partition coefficient (Wildman–Crippen LogP) is 2.13. The van der Waals surface area contributed by atoms with Gasteiger partial charge in [-0.3, -0.25) is 0 Å². The summed E-state index contributed by atoms with van der Waals surface area (Å²) in [6.45, 7) is 5.75. The van der Waals surface area contributed by atoms with Gasteiger partial charge >= 0.3 is 0 Å². The van der Waals surface area contributed by atoms with Crippen LogP contribution in [0.5, 0.6) is 5.75 Å². The van der Waals surface area contributed by atoms with Crippen LogP contribution in [0.1, 0.15) is 22.3 Å². The van der Waals surface area contributed by atoms with Gasteiger partial charge in [-0.2, -0.15) is 0 Å². The number of aromatic hydroxyl groups is 1. The molecule has 96 valence electrons. The van der Waals surface area contributed by atoms with E-state index in [1.807, 2.05) is 21.0 Å². The van der Waals surface area contributed by atoms with E-state index in [1.165, 1.54) is 11.1 Å². The largest absolute Gasteiger partial charge is 0.507 e. The van der Waals surface area contributed by atoms with Crippen molar-refractivity contribution in [1.82, 2.24) is 9.80 Å². The highest BCUT2D eigenvalue weighted by Gasteiger charge is 2.13. The summed E-state index contributed by atoms with van der Waals surface area (Å²) in [5, 5.41) is 10.1. The summed E-state index contributed by atoms with van der Waals surface area (Å²) in [6.07, 6.45) is 0. The van der Waals surface area contributed by atoms with Gasteiger partial charge < -0.3 is 14.9 Å². The summed E-state index contributed by atoms with van der Waals surface area (Å²) in [7, 11) is 8.17. The summed E-state index contributed by atoms with van der Waals surface area (Å²) in [6, 6.07) is 2.09. The molecule has 0 bridgehead atoms. The molecule has 1 aromatic carbocycles. The molecule has 0 unspecified atom stereocenters. The molecule has 17 heavy (non-hydrogen) atoms. The summed E-state index contributed by atoms with van der Waals surface area (Å²) < 4.78 is 0. The molecular weight excluding hydrogens is 212 g/mol. The number of benzene rings is 1. The third kappa shape index (κ3) is 3.45. The molecule has 0 fully saturated rings. The second kappa shape index (κ2) is 5.52. The number of aryl methyl sites for hydroxylation is 1. The first kappa shape index (κ1) is 14.0. The zero-order valence-electron chi connectivity index (χ0n) is 11.8. The van der Waals surface area contributed by atoms with E-state index in [4.69, 9.17) is 0 Å². The molecule has 0 aromatic heterocycles. The fourth-order valence-electron chi connectivity index (χ4n) is 2.06. The van der Waals surface area contributed by atoms with Crippen molar-refractivity contribution in [2.24, 2.45) is 0 Å². The molecule has 0 spiro atoms. The monoisotopic (exact) mass is 236 g/mol. The van der Waals surface area contributed by atoms with Crippen molar-refractivity contribution in [2.75, 3.05) is 28.2 Å². The topological polar surface area (TPSA) is 26.7 Å². The Kier molecular flexibility index (Phi) is 4.54. The van der Waals surface area contributed by atoms with E-state index in [9.17, 15) is 5.11 Å². The third-order valence-corrected chi connectivity index (χ3v) is 2.95. The van der Waals surface area contributed by atoms with Crippen molar-refractivity contribution in [1.29, 1.82) is 0 Å². The van der Waals surface area contributed by atoms with Crippen LogP contribution in [0.4, 0.5) is 0 Å². The maximum absolute atomic E-state index is 10.1. The highest BCUT2D eigenvalue weighted by molar-refractivity contribution is 5.48. The smallest absolute Gasteiger partial charge is 0.123 e. The normalized spacial score (nSPS) is 11.5. The van der Waals surface area contributed by atoms with Crippen molar-refractivity contribution < 1.29 is 5.11 Å². The van der Waals surface area contributed by atoms with Crippen LogP contribution in [0.15, 0.2) is 6.07 Å². The number of hydrogen-bond acceptors (Lipinski definition) is 3. The van der Waals surface area contributed by atoms with Gasteiger partial charge in [-0.1, -0.05) is 6.07 Å². The number of rotatable bonds is 4. The first-order chi connectivity index (χ1) is 7.82. The van der Waals surface area contributed by atoms with Gasteiger partial charge in [-0.05, 0) is 58.7 Å². The Balaban J connectivity index is 3.22. The second-order valence-corrected chi connectivity index (χ2v) is 5.28. The highest BCUT2D eigenvalue weighted by atomic mass is 16.3. The molecule has 1 N–H and O–H groups in total. The molecule has 0 atom stereocenters. The van der Waals surface area contributed by atoms with Gasteiger partial charge in [0.1, 0.15) is 5.75 Å². The van der Waals surface area contributed by atoms with Crippen LogP contribution in [0.3, 0.4) is 0 Å². The van der Waals surface area contributed by atoms with Gasteiger partial charge in [0.15, 0.2) is 0 Å². The Bertz CT molecular complexity index is 398. The SMILES string of the molecule is Cc1cc(CN(C)C)c(C)c(CN(C)C)c1O. The fraction of sp³-hybridized carbons (Fsp3) is 0.571. The Morgan fingerprint density at radius 2 is 1.53 bits per heavy atom. The Labute approximate surface area is 105 Å². The molecular formula is C14H24N2O. The lowest BCUT2D eigenvalue weighted by Gasteiger charge is -2.20. The Morgan fingerprint density at radius 3 is 2.00 bits per heavy atom. The average molecular weight is 236 g/mol. The van der Waals surface area contributed by atoms with E-state index < -0.39 is 0 Å². The van der Waals surface area contributed by atoms with Crippen molar-refractivity contribution >= 4 is 0 Å². The zero-order valence-corrected chi connectivity index (χ0v) is 11.8. The second-order valence-electron chi connectivity index (χ2n) is 5.28. The van der Waals surface area contributed by atoms with E-state index in [0.717, 1.165) is 24.2 Å². The van der Waals surface area contributed by atoms with Crippen molar-refractivity contribution in [3.63, 3.8) is 0 Å². The van der Waals surface area contributed by atoms with E-state index in [-0.39, 0.29) is 0 Å². The van der Waals surface area contributed by atoms with E-state index in [2.05, 4.69) is 36.9 Å². The Hall–Kier alpha value is -1.06. The zero-order chi connectivity index (χ0) is 13.2. The summed E-state index contributed by atoms with van der Waals surface area (Å²) in [5.41, 5.74) is 4.51. The van der Waals surface area contributed by atoms with Crippen LogP contribution < -0.4 is 0 Å². The molecule has 0 aliphatic carbocycles. The van der Waals surface area contributed by atoms with Crippen LogP contribution in [0.25, 0.3) is 0 Å². The predicted molar refractivity (Wildman–Crippen MR) is 72.4 cm³/mol. The number of hydrogen-bond donors (Lipinski definition) is 1. The van der Waals surface area contributed by atoms with Gasteiger partial charge in [0.05, 0.1) is 0 Å². The highest BCUT2D eigenvalue weighted by Crippen LogP contribution is 2.29. The molecule has 0 radical (unpaired) electrons. The van der Waals surface area contributed by atoms with E-state index in [1.54, 1.807) is 0 Å². The quantitative estimate of drug-likeness (QED) is 0.867. The van der Waals surface area contributed by atoms with Gasteiger partial charge in [-0.15, -0.1) is 0 Å². The standard InChI is InChI=1S/C14H24N2O/c1-10-7-12(8-15(3)4)11(2)13(14(10)17)9-16(5)6/h7,17H,8-9H2,1-6H3. The number of nitrogens with zero attached hydrogens (tertiary/aromatic N) is 2. The van der Waals surface area contributed by atoms with Gasteiger partial charge in [0.2, 0.25) is 0 Å². The third-order valence-electron chi connectivity index (χ3n) is 2.95. The first-order valence-electron chi connectivity index (χ1n) is 5.93. The summed E-state index contributed by atoms with van der Waals surface area (Å²) in [4.78, 5) is 4.24. The van der Waals surface area contributed by atoms with Gasteiger partial charge in [0.25, 0.3) is 0 Å². The van der Waals surface area contributed by atoms with Crippen molar-refractivity contribution in [2.45, 2.75) is 26.9 Å². The van der Waals surface area contributed by atoms with Gasteiger partial charge in [0, 0.05) is 18.7 Å². The molecule has 1 aromatic rings. The fourth-order valence-corrected chi connectivity index (χ4v) is 2.06.